The number of rotatable bonds is 7. The number of hydrogen-bond donors (Lipinski definition) is 1. The van der Waals surface area contributed by atoms with Crippen LogP contribution in [-0.4, -0.2) is 48.7 Å². The minimum Gasteiger partial charge on any atom is -0.486 e. The Morgan fingerprint density at radius 1 is 1.32 bits per heavy atom. The number of ether oxygens (including phenoxy) is 2. The molecule has 1 aromatic heterocycles. The Labute approximate surface area is 223 Å². The van der Waals surface area contributed by atoms with E-state index in [1.54, 1.807) is 20.8 Å². The minimum atomic E-state index is -4.81. The van der Waals surface area contributed by atoms with Crippen molar-refractivity contribution < 1.29 is 35.9 Å². The van der Waals surface area contributed by atoms with Crippen LogP contribution < -0.4 is 14.4 Å². The topological polar surface area (TPSA) is 127 Å². The second kappa shape index (κ2) is 10.2. The molecule has 0 radical (unpaired) electrons. The van der Waals surface area contributed by atoms with E-state index in [0.29, 0.717) is 20.4 Å². The van der Waals surface area contributed by atoms with Crippen molar-refractivity contribution in [3.05, 3.63) is 29.5 Å². The van der Waals surface area contributed by atoms with Gasteiger partial charge in [0, 0.05) is 24.8 Å². The lowest BCUT2D eigenvalue weighted by molar-refractivity contribution is -0.242. The van der Waals surface area contributed by atoms with Crippen LogP contribution in [-0.2, 0) is 21.3 Å². The molecule has 38 heavy (non-hydrogen) atoms. The highest BCUT2D eigenvalue weighted by Crippen LogP contribution is 2.42. The molecule has 0 saturated heterocycles. The summed E-state index contributed by atoms with van der Waals surface area (Å²) in [5, 5.41) is 15.4. The SMILES string of the molecule is CCn1cc(S(=O)(=O)N2CC(CC(C)(C)C#N)Oc3ccc(NC(=O)OC(C)(C)C(F)(F)F)cc32)c(Cl)n1. The van der Waals surface area contributed by atoms with Crippen molar-refractivity contribution in [2.75, 3.05) is 16.2 Å². The third-order valence-corrected chi connectivity index (χ3v) is 7.96. The van der Waals surface area contributed by atoms with Crippen molar-refractivity contribution in [3.8, 4) is 11.8 Å². The van der Waals surface area contributed by atoms with Gasteiger partial charge in [-0.1, -0.05) is 11.6 Å². The Morgan fingerprint density at radius 2 is 1.97 bits per heavy atom. The van der Waals surface area contributed by atoms with Crippen LogP contribution in [0, 0.1) is 16.7 Å². The molecule has 1 aliphatic heterocycles. The molecule has 0 aliphatic carbocycles. The monoisotopic (exact) mass is 577 g/mol. The van der Waals surface area contributed by atoms with E-state index in [4.69, 9.17) is 16.3 Å². The summed E-state index contributed by atoms with van der Waals surface area (Å²) in [5.41, 5.74) is -3.63. The van der Waals surface area contributed by atoms with Crippen molar-refractivity contribution in [3.63, 3.8) is 0 Å². The van der Waals surface area contributed by atoms with Gasteiger partial charge in [-0.15, -0.1) is 0 Å². The molecule has 1 atom stereocenters. The fourth-order valence-corrected chi connectivity index (χ4v) is 5.55. The predicted octanol–water partition coefficient (Wildman–Crippen LogP) is 5.34. The molecule has 1 amide bonds. The summed E-state index contributed by atoms with van der Waals surface area (Å²) in [5.74, 6) is 0.118. The number of amides is 1. The third kappa shape index (κ3) is 6.10. The molecule has 3 rings (SSSR count). The average molecular weight is 578 g/mol. The molecule has 0 spiro atoms. The lowest BCUT2D eigenvalue weighted by Crippen LogP contribution is -2.45. The molecule has 2 aromatic rings. The van der Waals surface area contributed by atoms with Crippen LogP contribution >= 0.6 is 11.6 Å². The number of hydrogen-bond acceptors (Lipinski definition) is 7. The van der Waals surface area contributed by atoms with E-state index >= 15 is 0 Å². The van der Waals surface area contributed by atoms with E-state index in [-0.39, 0.29) is 40.1 Å². The van der Waals surface area contributed by atoms with E-state index in [9.17, 15) is 31.6 Å². The first-order valence-electron chi connectivity index (χ1n) is 11.4. The Kier molecular flexibility index (Phi) is 7.87. The number of aromatic nitrogens is 2. The minimum absolute atomic E-state index is 0.00390. The number of benzene rings is 1. The molecule has 1 N–H and O–H groups in total. The molecule has 0 fully saturated rings. The predicted molar refractivity (Wildman–Crippen MR) is 133 cm³/mol. The Hall–Kier alpha value is -3.18. The first kappa shape index (κ1) is 29.4. The van der Waals surface area contributed by atoms with Crippen LogP contribution in [0.15, 0.2) is 29.3 Å². The van der Waals surface area contributed by atoms with Crippen molar-refractivity contribution in [1.29, 1.82) is 5.26 Å². The Bertz CT molecular complexity index is 1370. The smallest absolute Gasteiger partial charge is 0.427 e. The maximum atomic E-state index is 13.7. The van der Waals surface area contributed by atoms with Gasteiger partial charge >= 0.3 is 12.3 Å². The number of nitrogens with zero attached hydrogens (tertiary/aromatic N) is 4. The van der Waals surface area contributed by atoms with Gasteiger partial charge in [-0.25, -0.2) is 13.2 Å². The second-order valence-electron chi connectivity index (χ2n) is 9.82. The van der Waals surface area contributed by atoms with Gasteiger partial charge in [0.15, 0.2) is 5.15 Å². The normalized spacial score (nSPS) is 16.3. The summed E-state index contributed by atoms with van der Waals surface area (Å²) < 4.78 is 79.7. The van der Waals surface area contributed by atoms with Crippen LogP contribution in [0.1, 0.15) is 41.0 Å². The van der Waals surface area contributed by atoms with Crippen molar-refractivity contribution in [2.24, 2.45) is 5.41 Å². The quantitative estimate of drug-likeness (QED) is 0.470. The molecule has 0 bridgehead atoms. The number of aryl methyl sites for hydroxylation is 1. The first-order valence-corrected chi connectivity index (χ1v) is 13.3. The maximum Gasteiger partial charge on any atom is 0.427 e. The largest absolute Gasteiger partial charge is 0.486 e. The van der Waals surface area contributed by atoms with Gasteiger partial charge in [0.1, 0.15) is 16.7 Å². The van der Waals surface area contributed by atoms with Crippen LogP contribution in [0.2, 0.25) is 5.15 Å². The molecule has 1 unspecified atom stereocenters. The zero-order valence-electron chi connectivity index (χ0n) is 21.3. The van der Waals surface area contributed by atoms with Crippen LogP contribution in [0.4, 0.5) is 29.3 Å². The van der Waals surface area contributed by atoms with Crippen molar-refractivity contribution in [1.82, 2.24) is 9.78 Å². The number of carbonyl (C=O) groups is 1. The number of nitrogens with one attached hydrogen (secondary N) is 1. The molecule has 10 nitrogen and oxygen atoms in total. The summed E-state index contributed by atoms with van der Waals surface area (Å²) in [7, 11) is -4.32. The Morgan fingerprint density at radius 3 is 2.53 bits per heavy atom. The molecule has 1 aromatic carbocycles. The number of anilines is 2. The number of sulfonamides is 1. The van der Waals surface area contributed by atoms with E-state index in [0.717, 1.165) is 4.31 Å². The molecular formula is C23H27ClF3N5O5S. The highest BCUT2D eigenvalue weighted by molar-refractivity contribution is 7.93. The molecule has 2 heterocycles. The van der Waals surface area contributed by atoms with E-state index in [2.05, 4.69) is 21.2 Å². The fraction of sp³-hybridized carbons (Fsp3) is 0.522. The summed E-state index contributed by atoms with van der Waals surface area (Å²) >= 11 is 6.14. The fourth-order valence-electron chi connectivity index (χ4n) is 3.60. The summed E-state index contributed by atoms with van der Waals surface area (Å²) in [4.78, 5) is 11.9. The zero-order chi connectivity index (χ0) is 28.7. The lowest BCUT2D eigenvalue weighted by atomic mass is 9.88. The molecule has 1 aliphatic rings. The van der Waals surface area contributed by atoms with Crippen molar-refractivity contribution >= 4 is 39.1 Å². The number of alkyl halides is 3. The van der Waals surface area contributed by atoms with E-state index in [1.807, 2.05) is 0 Å². The van der Waals surface area contributed by atoms with Crippen LogP contribution in [0.5, 0.6) is 5.75 Å². The van der Waals surface area contributed by atoms with Crippen molar-refractivity contribution in [2.45, 2.75) is 70.4 Å². The summed E-state index contributed by atoms with van der Waals surface area (Å²) in [6, 6.07) is 6.08. The maximum absolute atomic E-state index is 13.7. The van der Waals surface area contributed by atoms with Gasteiger partial charge in [0.25, 0.3) is 10.0 Å². The second-order valence-corrected chi connectivity index (χ2v) is 12.0. The van der Waals surface area contributed by atoms with Gasteiger partial charge in [-0.05, 0) is 52.8 Å². The van der Waals surface area contributed by atoms with Gasteiger partial charge < -0.3 is 9.47 Å². The standard InChI is InChI=1S/C23H27ClF3N5O5S/c1-6-31-12-18(19(24)30-31)38(34,35)32-11-15(10-21(2,3)13-28)36-17-8-7-14(9-16(17)32)29-20(33)37-22(4,5)23(25,26)27/h7-9,12,15H,6,10-11H2,1-5H3,(H,29,33). The molecule has 0 saturated carbocycles. The molecule has 15 heteroatoms. The summed E-state index contributed by atoms with van der Waals surface area (Å²) in [6.07, 6.45) is -5.45. The summed E-state index contributed by atoms with van der Waals surface area (Å²) in [6.45, 7) is 6.68. The van der Waals surface area contributed by atoms with Gasteiger partial charge in [0.05, 0.1) is 23.7 Å². The van der Waals surface area contributed by atoms with E-state index < -0.39 is 39.4 Å². The highest BCUT2D eigenvalue weighted by atomic mass is 35.5. The van der Waals surface area contributed by atoms with Crippen LogP contribution in [0.25, 0.3) is 0 Å². The highest BCUT2D eigenvalue weighted by Gasteiger charge is 2.51. The number of halogens is 4. The molecule has 208 valence electrons. The average Bonchev–Trinajstić information content (AvgIpc) is 3.19. The molecular weight excluding hydrogens is 551 g/mol. The number of nitriles is 1. The Balaban J connectivity index is 2.01. The first-order chi connectivity index (χ1) is 17.4. The van der Waals surface area contributed by atoms with Gasteiger partial charge in [-0.2, -0.15) is 23.5 Å². The lowest BCUT2D eigenvalue weighted by Gasteiger charge is -2.37. The van der Waals surface area contributed by atoms with Gasteiger partial charge in [-0.3, -0.25) is 14.3 Å². The zero-order valence-corrected chi connectivity index (χ0v) is 22.8. The van der Waals surface area contributed by atoms with Gasteiger partial charge in [0.2, 0.25) is 5.60 Å². The van der Waals surface area contributed by atoms with E-state index in [1.165, 1.54) is 29.1 Å². The number of fused-ring (bicyclic) bond motifs is 1. The van der Waals surface area contributed by atoms with Crippen LogP contribution in [0.3, 0.4) is 0 Å². The third-order valence-electron chi connectivity index (χ3n) is 5.79. The number of carbonyl (C=O) groups excluding carboxylic acids is 1.